The number of nitrogens with one attached hydrogen (secondary N) is 2. The van der Waals surface area contributed by atoms with Gasteiger partial charge in [-0.1, -0.05) is 6.07 Å². The molecule has 1 aromatic carbocycles. The van der Waals surface area contributed by atoms with E-state index in [1.807, 2.05) is 13.0 Å². The summed E-state index contributed by atoms with van der Waals surface area (Å²) >= 11 is 0. The van der Waals surface area contributed by atoms with Crippen molar-refractivity contribution in [2.24, 2.45) is 4.99 Å². The van der Waals surface area contributed by atoms with Gasteiger partial charge in [-0.15, -0.1) is 0 Å². The van der Waals surface area contributed by atoms with E-state index in [4.69, 9.17) is 4.74 Å². The number of sulfone groups is 1. The first-order valence-electron chi connectivity index (χ1n) is 9.68. The van der Waals surface area contributed by atoms with E-state index in [2.05, 4.69) is 20.5 Å². The van der Waals surface area contributed by atoms with E-state index in [0.717, 1.165) is 44.1 Å². The van der Waals surface area contributed by atoms with E-state index in [9.17, 15) is 12.8 Å². The Hall–Kier alpha value is -1.87. The molecule has 1 saturated heterocycles. The van der Waals surface area contributed by atoms with Crippen LogP contribution in [0.15, 0.2) is 29.3 Å². The highest BCUT2D eigenvalue weighted by Gasteiger charge is 2.20. The summed E-state index contributed by atoms with van der Waals surface area (Å²) in [5.74, 6) is 0.551. The number of rotatable bonds is 9. The van der Waals surface area contributed by atoms with Gasteiger partial charge in [-0.25, -0.2) is 12.8 Å². The van der Waals surface area contributed by atoms with E-state index in [1.165, 1.54) is 12.3 Å². The number of halogens is 1. The van der Waals surface area contributed by atoms with Crippen LogP contribution in [0.1, 0.15) is 19.8 Å². The van der Waals surface area contributed by atoms with Crippen LogP contribution < -0.4 is 15.5 Å². The number of benzene rings is 1. The minimum atomic E-state index is -2.99. The van der Waals surface area contributed by atoms with Gasteiger partial charge >= 0.3 is 0 Å². The second-order valence-electron chi connectivity index (χ2n) is 6.89. The van der Waals surface area contributed by atoms with E-state index in [-0.39, 0.29) is 18.2 Å². The minimum Gasteiger partial charge on any atom is -0.378 e. The quantitative estimate of drug-likeness (QED) is 0.361. The van der Waals surface area contributed by atoms with Gasteiger partial charge in [0, 0.05) is 37.6 Å². The van der Waals surface area contributed by atoms with Crippen LogP contribution in [0.5, 0.6) is 0 Å². The third-order valence-electron chi connectivity index (χ3n) is 4.46. The van der Waals surface area contributed by atoms with E-state index >= 15 is 0 Å². The largest absolute Gasteiger partial charge is 0.378 e. The fraction of sp³-hybridized carbons (Fsp3) is 0.632. The molecule has 0 aromatic heterocycles. The number of anilines is 1. The molecule has 9 heteroatoms. The lowest BCUT2D eigenvalue weighted by molar-refractivity contribution is 0.157. The number of guanidine groups is 1. The van der Waals surface area contributed by atoms with Gasteiger partial charge < -0.3 is 20.3 Å². The molecular formula is C19H31FN4O3S. The number of hydrogen-bond acceptors (Lipinski definition) is 5. The third kappa shape index (κ3) is 8.43. The van der Waals surface area contributed by atoms with Crippen LogP contribution in [0.25, 0.3) is 0 Å². The highest BCUT2D eigenvalue weighted by Crippen LogP contribution is 2.20. The molecular weight excluding hydrogens is 383 g/mol. The fourth-order valence-corrected chi connectivity index (χ4v) is 3.42. The Bertz CT molecular complexity index is 734. The Morgan fingerprint density at radius 3 is 2.71 bits per heavy atom. The van der Waals surface area contributed by atoms with E-state index in [0.29, 0.717) is 19.2 Å². The van der Waals surface area contributed by atoms with Crippen LogP contribution in [0.3, 0.4) is 0 Å². The molecule has 0 unspecified atom stereocenters. The molecule has 1 aliphatic rings. The normalized spacial score (nSPS) is 16.2. The van der Waals surface area contributed by atoms with Gasteiger partial charge in [0.25, 0.3) is 0 Å². The molecule has 0 atom stereocenters. The molecule has 158 valence electrons. The van der Waals surface area contributed by atoms with Crippen LogP contribution >= 0.6 is 0 Å². The standard InChI is InChI=1S/C19H31FN4O3S/c1-3-21-19(22-9-12-27-13-14-28(2,25)26)23-17-7-10-24(11-8-17)18-6-4-5-16(20)15-18/h4-6,15,17H,3,7-14H2,1-2H3,(H2,21,22,23). The maximum atomic E-state index is 13.4. The lowest BCUT2D eigenvalue weighted by atomic mass is 10.0. The van der Waals surface area contributed by atoms with Gasteiger partial charge in [0.15, 0.2) is 5.96 Å². The molecule has 1 heterocycles. The molecule has 0 bridgehead atoms. The molecule has 1 fully saturated rings. The number of nitrogens with zero attached hydrogens (tertiary/aromatic N) is 2. The van der Waals surface area contributed by atoms with Crippen molar-refractivity contribution in [3.05, 3.63) is 30.1 Å². The molecule has 28 heavy (non-hydrogen) atoms. The fourth-order valence-electron chi connectivity index (χ4n) is 3.00. The monoisotopic (exact) mass is 414 g/mol. The molecule has 2 rings (SSSR count). The summed E-state index contributed by atoms with van der Waals surface area (Å²) in [5, 5.41) is 6.66. The third-order valence-corrected chi connectivity index (χ3v) is 5.37. The Labute approximate surface area is 167 Å². The Morgan fingerprint density at radius 1 is 1.32 bits per heavy atom. The van der Waals surface area contributed by atoms with Gasteiger partial charge in [0.1, 0.15) is 15.7 Å². The summed E-state index contributed by atoms with van der Waals surface area (Å²) in [5.41, 5.74) is 0.922. The van der Waals surface area contributed by atoms with Crippen LogP contribution in [0, 0.1) is 5.82 Å². The zero-order valence-electron chi connectivity index (χ0n) is 16.7. The summed E-state index contributed by atoms with van der Waals surface area (Å²) in [6.45, 7) is 5.50. The number of aliphatic imine (C=N–C) groups is 1. The molecule has 7 nitrogen and oxygen atoms in total. The lowest BCUT2D eigenvalue weighted by Crippen LogP contribution is -2.48. The van der Waals surface area contributed by atoms with Crippen molar-refractivity contribution >= 4 is 21.5 Å². The van der Waals surface area contributed by atoms with Crippen molar-refractivity contribution in [3.63, 3.8) is 0 Å². The molecule has 0 amide bonds. The molecule has 0 radical (unpaired) electrons. The molecule has 0 spiro atoms. The summed E-state index contributed by atoms with van der Waals surface area (Å²) in [7, 11) is -2.99. The Balaban J connectivity index is 1.74. The number of hydrogen-bond donors (Lipinski definition) is 2. The minimum absolute atomic E-state index is 0.0267. The smallest absolute Gasteiger partial charge is 0.191 e. The Kier molecular flexibility index (Phi) is 8.98. The zero-order chi connectivity index (χ0) is 20.4. The van der Waals surface area contributed by atoms with Crippen molar-refractivity contribution in [2.75, 3.05) is 56.3 Å². The molecule has 1 aliphatic heterocycles. The van der Waals surface area contributed by atoms with Crippen LogP contribution in [-0.4, -0.2) is 71.8 Å². The number of piperidine rings is 1. The second kappa shape index (κ2) is 11.2. The lowest BCUT2D eigenvalue weighted by Gasteiger charge is -2.34. The van der Waals surface area contributed by atoms with Crippen molar-refractivity contribution in [3.8, 4) is 0 Å². The first-order chi connectivity index (χ1) is 13.4. The maximum Gasteiger partial charge on any atom is 0.191 e. The average molecular weight is 415 g/mol. The van der Waals surface area contributed by atoms with E-state index < -0.39 is 9.84 Å². The first-order valence-corrected chi connectivity index (χ1v) is 11.7. The maximum absolute atomic E-state index is 13.4. The molecule has 0 saturated carbocycles. The molecule has 1 aromatic rings. The zero-order valence-corrected chi connectivity index (χ0v) is 17.5. The second-order valence-corrected chi connectivity index (χ2v) is 9.15. The predicted octanol–water partition coefficient (Wildman–Crippen LogP) is 1.41. The summed E-state index contributed by atoms with van der Waals surface area (Å²) in [6, 6.07) is 7.01. The van der Waals surface area contributed by atoms with Crippen LogP contribution in [-0.2, 0) is 14.6 Å². The molecule has 2 N–H and O–H groups in total. The van der Waals surface area contributed by atoms with Gasteiger partial charge in [-0.3, -0.25) is 4.99 Å². The summed E-state index contributed by atoms with van der Waals surface area (Å²) in [4.78, 5) is 6.68. The average Bonchev–Trinajstić information content (AvgIpc) is 2.64. The highest BCUT2D eigenvalue weighted by atomic mass is 32.2. The van der Waals surface area contributed by atoms with Gasteiger partial charge in [-0.2, -0.15) is 0 Å². The highest BCUT2D eigenvalue weighted by molar-refractivity contribution is 7.90. The topological polar surface area (TPSA) is 83.0 Å². The van der Waals surface area contributed by atoms with Crippen molar-refractivity contribution in [1.29, 1.82) is 0 Å². The van der Waals surface area contributed by atoms with Gasteiger partial charge in [0.05, 0.1) is 25.5 Å². The van der Waals surface area contributed by atoms with Crippen molar-refractivity contribution in [2.45, 2.75) is 25.8 Å². The predicted molar refractivity (Wildman–Crippen MR) is 111 cm³/mol. The summed E-state index contributed by atoms with van der Waals surface area (Å²) < 4.78 is 40.8. The van der Waals surface area contributed by atoms with Gasteiger partial charge in [-0.05, 0) is 38.0 Å². The van der Waals surface area contributed by atoms with Gasteiger partial charge in [0.2, 0.25) is 0 Å². The Morgan fingerprint density at radius 2 is 2.07 bits per heavy atom. The SMILES string of the molecule is CCNC(=NCCOCCS(C)(=O)=O)NC1CCN(c2cccc(F)c2)CC1. The van der Waals surface area contributed by atoms with Crippen LogP contribution in [0.4, 0.5) is 10.1 Å². The molecule has 0 aliphatic carbocycles. The van der Waals surface area contributed by atoms with Crippen LogP contribution in [0.2, 0.25) is 0 Å². The summed E-state index contributed by atoms with van der Waals surface area (Å²) in [6.07, 6.45) is 3.07. The van der Waals surface area contributed by atoms with E-state index in [1.54, 1.807) is 12.1 Å². The number of ether oxygens (including phenoxy) is 1. The van der Waals surface area contributed by atoms with Crippen molar-refractivity contribution < 1.29 is 17.5 Å². The van der Waals surface area contributed by atoms with Crippen molar-refractivity contribution in [1.82, 2.24) is 10.6 Å². The first kappa shape index (κ1) is 22.4.